The van der Waals surface area contributed by atoms with Gasteiger partial charge in [-0.05, 0) is 35.9 Å². The van der Waals surface area contributed by atoms with Crippen LogP contribution >= 0.6 is 15.9 Å². The number of ether oxygens (including phenoxy) is 3. The Labute approximate surface area is 133 Å². The molecular weight excluding hydrogens is 352 g/mol. The van der Waals surface area contributed by atoms with Crippen LogP contribution in [0.1, 0.15) is 15.9 Å². The molecule has 0 aromatic heterocycles. The van der Waals surface area contributed by atoms with E-state index in [4.69, 9.17) is 14.2 Å². The summed E-state index contributed by atoms with van der Waals surface area (Å²) in [4.78, 5) is 12.3. The van der Waals surface area contributed by atoms with Crippen LogP contribution in [0.2, 0.25) is 0 Å². The van der Waals surface area contributed by atoms with Gasteiger partial charge in [0.25, 0.3) is 0 Å². The average Bonchev–Trinajstić information content (AvgIpc) is 3.04. The zero-order chi connectivity index (χ0) is 15.3. The van der Waals surface area contributed by atoms with Gasteiger partial charge in [-0.2, -0.15) is 0 Å². The molecule has 0 radical (unpaired) electrons. The van der Waals surface area contributed by atoms with Crippen molar-refractivity contribution in [3.05, 3.63) is 51.7 Å². The SMILES string of the molecule is O=C1/C(=C\c2cc3c(cc2Br)OCO3)Oc2cc(O)ccc21. The Morgan fingerprint density at radius 1 is 1.09 bits per heavy atom. The molecule has 4 rings (SSSR count). The highest BCUT2D eigenvalue weighted by molar-refractivity contribution is 9.10. The van der Waals surface area contributed by atoms with E-state index in [-0.39, 0.29) is 24.1 Å². The number of ketones is 1. The van der Waals surface area contributed by atoms with E-state index < -0.39 is 0 Å². The molecule has 2 aromatic rings. The summed E-state index contributed by atoms with van der Waals surface area (Å²) in [5.41, 5.74) is 1.17. The number of carbonyl (C=O) groups excluding carboxylic acids is 1. The minimum Gasteiger partial charge on any atom is -0.508 e. The van der Waals surface area contributed by atoms with Gasteiger partial charge in [-0.3, -0.25) is 4.79 Å². The molecule has 5 nitrogen and oxygen atoms in total. The van der Waals surface area contributed by atoms with Gasteiger partial charge in [0, 0.05) is 10.5 Å². The summed E-state index contributed by atoms with van der Waals surface area (Å²) in [5, 5.41) is 9.46. The Bertz CT molecular complexity index is 841. The number of phenolic OH excluding ortho intramolecular Hbond substituents is 1. The van der Waals surface area contributed by atoms with E-state index in [1.54, 1.807) is 24.3 Å². The molecule has 0 saturated carbocycles. The van der Waals surface area contributed by atoms with Crippen LogP contribution in [0.25, 0.3) is 6.08 Å². The van der Waals surface area contributed by atoms with Crippen molar-refractivity contribution in [1.29, 1.82) is 0 Å². The number of benzene rings is 2. The topological polar surface area (TPSA) is 65.0 Å². The molecule has 0 fully saturated rings. The number of aromatic hydroxyl groups is 1. The molecule has 22 heavy (non-hydrogen) atoms. The molecule has 2 aromatic carbocycles. The lowest BCUT2D eigenvalue weighted by atomic mass is 10.1. The van der Waals surface area contributed by atoms with E-state index in [0.717, 1.165) is 10.0 Å². The van der Waals surface area contributed by atoms with Crippen LogP contribution in [0.5, 0.6) is 23.0 Å². The molecule has 0 spiro atoms. The molecule has 2 aliphatic heterocycles. The number of fused-ring (bicyclic) bond motifs is 2. The van der Waals surface area contributed by atoms with E-state index >= 15 is 0 Å². The van der Waals surface area contributed by atoms with Crippen molar-refractivity contribution < 1.29 is 24.1 Å². The molecule has 0 atom stereocenters. The Hall–Kier alpha value is -2.47. The van der Waals surface area contributed by atoms with Crippen LogP contribution in [0, 0.1) is 0 Å². The standard InChI is InChI=1S/C16H9BrO5/c17-11-6-14-13(20-7-21-14)3-8(11)4-15-16(19)10-2-1-9(18)5-12(10)22-15/h1-6,18H,7H2/b15-4+. The van der Waals surface area contributed by atoms with E-state index in [1.165, 1.54) is 12.1 Å². The first-order chi connectivity index (χ1) is 10.6. The van der Waals surface area contributed by atoms with Crippen LogP contribution < -0.4 is 14.2 Å². The zero-order valence-corrected chi connectivity index (χ0v) is 12.7. The summed E-state index contributed by atoms with van der Waals surface area (Å²) in [6, 6.07) is 7.98. The van der Waals surface area contributed by atoms with E-state index in [0.29, 0.717) is 22.8 Å². The lowest BCUT2D eigenvalue weighted by Gasteiger charge is -2.03. The van der Waals surface area contributed by atoms with Crippen molar-refractivity contribution in [1.82, 2.24) is 0 Å². The number of allylic oxidation sites excluding steroid dienone is 1. The molecule has 0 amide bonds. The van der Waals surface area contributed by atoms with Gasteiger partial charge in [-0.15, -0.1) is 0 Å². The smallest absolute Gasteiger partial charge is 0.231 e. The molecule has 2 heterocycles. The lowest BCUT2D eigenvalue weighted by Crippen LogP contribution is -1.98. The van der Waals surface area contributed by atoms with E-state index in [9.17, 15) is 9.90 Å². The normalized spacial score (nSPS) is 16.8. The first-order valence-electron chi connectivity index (χ1n) is 6.48. The summed E-state index contributed by atoms with van der Waals surface area (Å²) in [7, 11) is 0. The van der Waals surface area contributed by atoms with Gasteiger partial charge in [0.1, 0.15) is 11.5 Å². The molecule has 1 N–H and O–H groups in total. The van der Waals surface area contributed by atoms with Crippen molar-refractivity contribution in [3.63, 3.8) is 0 Å². The molecule has 0 unspecified atom stereocenters. The van der Waals surface area contributed by atoms with Crippen molar-refractivity contribution in [3.8, 4) is 23.0 Å². The van der Waals surface area contributed by atoms with Crippen LogP contribution in [0.15, 0.2) is 40.6 Å². The third-order valence-electron chi connectivity index (χ3n) is 3.43. The first kappa shape index (κ1) is 13.2. The quantitative estimate of drug-likeness (QED) is 0.788. The summed E-state index contributed by atoms with van der Waals surface area (Å²) in [5.74, 6) is 1.65. The zero-order valence-electron chi connectivity index (χ0n) is 11.1. The van der Waals surface area contributed by atoms with Gasteiger partial charge in [-0.25, -0.2) is 0 Å². The fourth-order valence-electron chi connectivity index (χ4n) is 2.36. The molecule has 110 valence electrons. The molecular formula is C16H9BrO5. The van der Waals surface area contributed by atoms with Crippen LogP contribution in [0.4, 0.5) is 0 Å². The highest BCUT2D eigenvalue weighted by Gasteiger charge is 2.28. The second kappa shape index (κ2) is 4.78. The predicted molar refractivity (Wildman–Crippen MR) is 81.3 cm³/mol. The first-order valence-corrected chi connectivity index (χ1v) is 7.27. The summed E-state index contributed by atoms with van der Waals surface area (Å²) >= 11 is 3.44. The minimum atomic E-state index is -0.223. The molecule has 6 heteroatoms. The summed E-state index contributed by atoms with van der Waals surface area (Å²) in [6.45, 7) is 0.182. The van der Waals surface area contributed by atoms with Crippen LogP contribution in [-0.2, 0) is 0 Å². The van der Waals surface area contributed by atoms with Crippen molar-refractivity contribution >= 4 is 27.8 Å². The van der Waals surface area contributed by atoms with Crippen LogP contribution in [0.3, 0.4) is 0 Å². The Kier molecular flexibility index (Phi) is 2.87. The Morgan fingerprint density at radius 3 is 2.68 bits per heavy atom. The number of hydrogen-bond acceptors (Lipinski definition) is 5. The van der Waals surface area contributed by atoms with Crippen molar-refractivity contribution in [2.75, 3.05) is 6.79 Å². The number of hydrogen-bond donors (Lipinski definition) is 1. The number of halogens is 1. The summed E-state index contributed by atoms with van der Waals surface area (Å²) in [6.07, 6.45) is 1.63. The lowest BCUT2D eigenvalue weighted by molar-refractivity contribution is 0.101. The Balaban J connectivity index is 1.75. The van der Waals surface area contributed by atoms with E-state index in [1.807, 2.05) is 0 Å². The monoisotopic (exact) mass is 360 g/mol. The summed E-state index contributed by atoms with van der Waals surface area (Å²) < 4.78 is 16.9. The van der Waals surface area contributed by atoms with Gasteiger partial charge in [-0.1, -0.05) is 15.9 Å². The fourth-order valence-corrected chi connectivity index (χ4v) is 2.80. The van der Waals surface area contributed by atoms with Gasteiger partial charge < -0.3 is 19.3 Å². The largest absolute Gasteiger partial charge is 0.508 e. The van der Waals surface area contributed by atoms with Crippen molar-refractivity contribution in [2.24, 2.45) is 0 Å². The van der Waals surface area contributed by atoms with Gasteiger partial charge >= 0.3 is 0 Å². The molecule has 0 bridgehead atoms. The third kappa shape index (κ3) is 2.03. The average molecular weight is 361 g/mol. The minimum absolute atomic E-state index is 0.0528. The second-order valence-corrected chi connectivity index (χ2v) is 5.70. The second-order valence-electron chi connectivity index (χ2n) is 4.85. The van der Waals surface area contributed by atoms with E-state index in [2.05, 4.69) is 15.9 Å². The number of phenols is 1. The van der Waals surface area contributed by atoms with Crippen molar-refractivity contribution in [2.45, 2.75) is 0 Å². The Morgan fingerprint density at radius 2 is 1.86 bits per heavy atom. The predicted octanol–water partition coefficient (Wildman–Crippen LogP) is 3.50. The number of Topliss-reactive ketones (excluding diaryl/α,β-unsaturated/α-hetero) is 1. The van der Waals surface area contributed by atoms with Gasteiger partial charge in [0.05, 0.1) is 5.56 Å². The molecule has 0 aliphatic carbocycles. The van der Waals surface area contributed by atoms with Gasteiger partial charge in [0.2, 0.25) is 12.6 Å². The highest BCUT2D eigenvalue weighted by Crippen LogP contribution is 2.39. The maximum Gasteiger partial charge on any atom is 0.231 e. The maximum atomic E-state index is 12.3. The third-order valence-corrected chi connectivity index (χ3v) is 4.12. The van der Waals surface area contributed by atoms with Crippen LogP contribution in [-0.4, -0.2) is 17.7 Å². The number of carbonyl (C=O) groups is 1. The fraction of sp³-hybridized carbons (Fsp3) is 0.0625. The maximum absolute atomic E-state index is 12.3. The highest BCUT2D eigenvalue weighted by atomic mass is 79.9. The molecule has 2 aliphatic rings. The molecule has 0 saturated heterocycles. The number of rotatable bonds is 1. The van der Waals surface area contributed by atoms with Gasteiger partial charge in [0.15, 0.2) is 17.3 Å².